The van der Waals surface area contributed by atoms with Crippen molar-refractivity contribution in [3.8, 4) is 0 Å². The maximum absolute atomic E-state index is 11.8. The number of carbonyl (C=O) groups is 1. The molecule has 1 aliphatic heterocycles. The molecule has 17 heavy (non-hydrogen) atoms. The van der Waals surface area contributed by atoms with Gasteiger partial charge in [-0.05, 0) is 5.82 Å². The van der Waals surface area contributed by atoms with Crippen LogP contribution in [0.5, 0.6) is 0 Å². The molecule has 0 bridgehead atoms. The molecule has 0 amide bonds. The van der Waals surface area contributed by atoms with Crippen molar-refractivity contribution < 1.29 is 14.3 Å². The van der Waals surface area contributed by atoms with Gasteiger partial charge in [-0.3, -0.25) is 4.79 Å². The number of ether oxygens (including phenoxy) is 2. The van der Waals surface area contributed by atoms with Gasteiger partial charge in [0.15, 0.2) is 0 Å². The fraction of sp³-hybridized carbons (Fsp3) is 0.417. The van der Waals surface area contributed by atoms with E-state index in [2.05, 4.69) is 7.85 Å². The fourth-order valence-electron chi connectivity index (χ4n) is 1.72. The van der Waals surface area contributed by atoms with Crippen molar-refractivity contribution in [3.05, 3.63) is 35.9 Å². The van der Waals surface area contributed by atoms with Crippen molar-refractivity contribution in [1.29, 1.82) is 0 Å². The van der Waals surface area contributed by atoms with Crippen LogP contribution in [0.15, 0.2) is 30.3 Å². The van der Waals surface area contributed by atoms with Crippen molar-refractivity contribution in [3.63, 3.8) is 0 Å². The molecule has 0 radical (unpaired) electrons. The Labute approximate surface area is 103 Å². The van der Waals surface area contributed by atoms with Crippen LogP contribution in [0.4, 0.5) is 0 Å². The van der Waals surface area contributed by atoms with Crippen molar-refractivity contribution in [2.75, 3.05) is 13.2 Å². The molecule has 88 valence electrons. The van der Waals surface area contributed by atoms with Crippen molar-refractivity contribution >= 4 is 21.7 Å². The highest BCUT2D eigenvalue weighted by Crippen LogP contribution is 2.25. The normalized spacial score (nSPS) is 21.5. The summed E-state index contributed by atoms with van der Waals surface area (Å²) in [5.41, 5.74) is 1.17. The molecule has 3 atom stereocenters. The van der Waals surface area contributed by atoms with Crippen LogP contribution in [0.1, 0.15) is 11.4 Å². The molecule has 3 nitrogen and oxygen atoms in total. The summed E-state index contributed by atoms with van der Waals surface area (Å²) in [4.78, 5) is 11.8. The minimum absolute atomic E-state index is 0.129. The molecule has 1 aromatic carbocycles. The predicted molar refractivity (Wildman–Crippen MR) is 70.7 cm³/mol. The van der Waals surface area contributed by atoms with Gasteiger partial charge >= 0.3 is 5.97 Å². The molecule has 1 aromatic rings. The minimum atomic E-state index is -0.142. The molecule has 0 aromatic heterocycles. The Balaban J connectivity index is 1.89. The highest BCUT2D eigenvalue weighted by Gasteiger charge is 2.27. The Morgan fingerprint density at radius 2 is 2.06 bits per heavy atom. The van der Waals surface area contributed by atoms with Crippen LogP contribution < -0.4 is 0 Å². The van der Waals surface area contributed by atoms with E-state index in [-0.39, 0.29) is 23.7 Å². The van der Waals surface area contributed by atoms with E-state index in [1.807, 2.05) is 38.2 Å². The van der Waals surface area contributed by atoms with Gasteiger partial charge in [-0.1, -0.05) is 35.9 Å². The number of carbonyl (C=O) groups excluding carboxylic acids is 1. The van der Waals surface area contributed by atoms with Crippen LogP contribution in [-0.2, 0) is 14.3 Å². The molecule has 0 spiro atoms. The molecule has 5 heteroatoms. The third-order valence-corrected chi connectivity index (χ3v) is 3.26. The summed E-state index contributed by atoms with van der Waals surface area (Å²) in [6, 6.07) is 10.0. The lowest BCUT2D eigenvalue weighted by atomic mass is 9.63. The van der Waals surface area contributed by atoms with Gasteiger partial charge in [0.2, 0.25) is 0 Å². The average molecular weight is 230 g/mol. The maximum atomic E-state index is 11.8. The molecule has 1 fully saturated rings. The molecule has 0 saturated carbocycles. The smallest absolute Gasteiger partial charge is 0.300 e. The fourth-order valence-corrected chi connectivity index (χ4v) is 1.72. The molecule has 1 heterocycles. The first-order valence-electron chi connectivity index (χ1n) is 6.01. The molecule has 2 rings (SSSR count). The summed E-state index contributed by atoms with van der Waals surface area (Å²) >= 11 is 0. The van der Waals surface area contributed by atoms with Gasteiger partial charge < -0.3 is 9.47 Å². The monoisotopic (exact) mass is 230 g/mol. The topological polar surface area (TPSA) is 38.8 Å². The van der Waals surface area contributed by atoms with Gasteiger partial charge in [-0.25, -0.2) is 0 Å². The Kier molecular flexibility index (Phi) is 3.89. The number of benzene rings is 1. The summed E-state index contributed by atoms with van der Waals surface area (Å²) < 4.78 is 10.2. The van der Waals surface area contributed by atoms with E-state index >= 15 is 0 Å². The van der Waals surface area contributed by atoms with Gasteiger partial charge in [-0.2, -0.15) is 0 Å². The number of rotatable bonds is 5. The lowest BCUT2D eigenvalue weighted by Gasteiger charge is -2.19. The van der Waals surface area contributed by atoms with Crippen molar-refractivity contribution in [2.24, 2.45) is 0 Å². The number of hydrogen-bond acceptors (Lipinski definition) is 3. The number of hydrogen-bond donors (Lipinski definition) is 0. The minimum Gasteiger partial charge on any atom is -0.463 e. The highest BCUT2D eigenvalue weighted by atomic mass is 16.6. The molecule has 0 N–H and O–H groups in total. The van der Waals surface area contributed by atoms with E-state index in [4.69, 9.17) is 9.47 Å². The van der Waals surface area contributed by atoms with Crippen LogP contribution in [0, 0.1) is 0 Å². The molecular formula is C12H16B2O3. The van der Waals surface area contributed by atoms with Crippen LogP contribution in [0.25, 0.3) is 0 Å². The summed E-state index contributed by atoms with van der Waals surface area (Å²) in [5, 5.41) is 0. The molecule has 1 aliphatic rings. The Morgan fingerprint density at radius 1 is 1.41 bits per heavy atom. The van der Waals surface area contributed by atoms with Crippen LogP contribution in [-0.4, -0.2) is 41.0 Å². The summed E-state index contributed by atoms with van der Waals surface area (Å²) in [6.07, 6.45) is 0.137. The average Bonchev–Trinajstić information content (AvgIpc) is 3.19. The predicted octanol–water partition coefficient (Wildman–Crippen LogP) is -0.276. The van der Waals surface area contributed by atoms with E-state index < -0.39 is 0 Å². The third-order valence-electron chi connectivity index (χ3n) is 3.26. The quantitative estimate of drug-likeness (QED) is 0.396. The zero-order valence-electron chi connectivity index (χ0n) is 10.3. The van der Waals surface area contributed by atoms with E-state index in [1.54, 1.807) is 0 Å². The van der Waals surface area contributed by atoms with Crippen LogP contribution in [0.2, 0.25) is 5.82 Å². The second-order valence-corrected chi connectivity index (χ2v) is 4.57. The molecule has 3 unspecified atom stereocenters. The lowest BCUT2D eigenvalue weighted by Crippen LogP contribution is -2.21. The SMILES string of the molecule is BC(C(=O)OCC1CO1)C(B)c1ccccc1. The molecule has 1 saturated heterocycles. The molecule has 0 aliphatic carbocycles. The second-order valence-electron chi connectivity index (χ2n) is 4.57. The van der Waals surface area contributed by atoms with Crippen LogP contribution in [0.3, 0.4) is 0 Å². The van der Waals surface area contributed by atoms with E-state index in [9.17, 15) is 4.79 Å². The van der Waals surface area contributed by atoms with Gasteiger partial charge in [0.25, 0.3) is 0 Å². The van der Waals surface area contributed by atoms with Gasteiger partial charge in [0, 0.05) is 5.82 Å². The number of epoxide rings is 1. The summed E-state index contributed by atoms with van der Waals surface area (Å²) in [7, 11) is 3.96. The second kappa shape index (κ2) is 5.41. The lowest BCUT2D eigenvalue weighted by molar-refractivity contribution is -0.144. The van der Waals surface area contributed by atoms with Crippen molar-refractivity contribution in [1.82, 2.24) is 0 Å². The summed E-state index contributed by atoms with van der Waals surface area (Å²) in [5.74, 6) is -0.100. The first-order chi connectivity index (χ1) is 8.18. The van der Waals surface area contributed by atoms with E-state index in [0.717, 1.165) is 6.61 Å². The zero-order chi connectivity index (χ0) is 12.3. The third kappa shape index (κ3) is 3.37. The maximum Gasteiger partial charge on any atom is 0.300 e. The zero-order valence-corrected chi connectivity index (χ0v) is 10.3. The van der Waals surface area contributed by atoms with Gasteiger partial charge in [0.05, 0.1) is 6.61 Å². The Morgan fingerprint density at radius 3 is 2.65 bits per heavy atom. The van der Waals surface area contributed by atoms with Gasteiger partial charge in [0.1, 0.15) is 28.4 Å². The summed E-state index contributed by atoms with van der Waals surface area (Å²) in [6.45, 7) is 1.11. The molecular weight excluding hydrogens is 214 g/mol. The van der Waals surface area contributed by atoms with Gasteiger partial charge in [-0.15, -0.1) is 0 Å². The van der Waals surface area contributed by atoms with Crippen LogP contribution >= 0.6 is 0 Å². The largest absolute Gasteiger partial charge is 0.463 e. The Bertz CT molecular complexity index is 379. The Hall–Kier alpha value is -1.22. The van der Waals surface area contributed by atoms with Crippen molar-refractivity contribution in [2.45, 2.75) is 17.7 Å². The van der Waals surface area contributed by atoms with E-state index in [0.29, 0.717) is 6.61 Å². The number of esters is 1. The standard InChI is InChI=1S/C12H16B2O3/c13-10(8-4-2-1-3-5-8)11(14)12(15)17-7-9-6-16-9/h1-5,9-11H,6-7,13-14H2. The van der Waals surface area contributed by atoms with E-state index in [1.165, 1.54) is 5.56 Å². The first-order valence-corrected chi connectivity index (χ1v) is 6.01. The first kappa shape index (κ1) is 12.2. The highest BCUT2D eigenvalue weighted by molar-refractivity contribution is 6.29.